The summed E-state index contributed by atoms with van der Waals surface area (Å²) in [4.78, 5) is 12.5. The van der Waals surface area contributed by atoms with E-state index >= 15 is 0 Å². The van der Waals surface area contributed by atoms with Crippen molar-refractivity contribution in [3.8, 4) is 17.9 Å². The van der Waals surface area contributed by atoms with E-state index in [1.165, 1.54) is 0 Å². The number of hydrazone groups is 1. The van der Waals surface area contributed by atoms with Crippen LogP contribution in [0, 0.1) is 22.7 Å². The number of carbonyl (C=O) groups is 1. The Morgan fingerprint density at radius 1 is 1.12 bits per heavy atom. The summed E-state index contributed by atoms with van der Waals surface area (Å²) in [6, 6.07) is 16.9. The average Bonchev–Trinajstić information content (AvgIpc) is 2.64. The fourth-order valence-corrected chi connectivity index (χ4v) is 1.97. The zero-order valence-electron chi connectivity index (χ0n) is 13.5. The van der Waals surface area contributed by atoms with Crippen LogP contribution in [0.15, 0.2) is 53.6 Å². The van der Waals surface area contributed by atoms with Gasteiger partial charge in [0, 0.05) is 5.69 Å². The largest absolute Gasteiger partial charge is 0.494 e. The Bertz CT molecular complexity index is 844. The van der Waals surface area contributed by atoms with E-state index in [2.05, 4.69) is 15.8 Å². The zero-order valence-corrected chi connectivity index (χ0v) is 13.5. The lowest BCUT2D eigenvalue weighted by Crippen LogP contribution is -2.14. The van der Waals surface area contributed by atoms with Crippen LogP contribution >= 0.6 is 0 Å². The van der Waals surface area contributed by atoms with Crippen molar-refractivity contribution < 1.29 is 9.53 Å². The van der Waals surface area contributed by atoms with Gasteiger partial charge in [0.25, 0.3) is 5.91 Å². The Kier molecular flexibility index (Phi) is 6.10. The molecule has 2 N–H and O–H groups in total. The van der Waals surface area contributed by atoms with Crippen LogP contribution in [0.2, 0.25) is 0 Å². The van der Waals surface area contributed by atoms with Crippen LogP contribution in [0.1, 0.15) is 17.3 Å². The smallest absolute Gasteiger partial charge is 0.257 e. The average molecular weight is 333 g/mol. The van der Waals surface area contributed by atoms with E-state index in [-0.39, 0.29) is 11.6 Å². The Morgan fingerprint density at radius 2 is 1.80 bits per heavy atom. The molecule has 2 aromatic rings. The minimum absolute atomic E-state index is 0.329. The fraction of sp³-hybridized carbons (Fsp3) is 0.111. The lowest BCUT2D eigenvalue weighted by Gasteiger charge is -2.10. The number of nitrogens with one attached hydrogen (secondary N) is 2. The van der Waals surface area contributed by atoms with Crippen LogP contribution < -0.4 is 15.5 Å². The van der Waals surface area contributed by atoms with Gasteiger partial charge in [0.1, 0.15) is 17.9 Å². The number of benzene rings is 2. The van der Waals surface area contributed by atoms with Crippen molar-refractivity contribution in [2.45, 2.75) is 6.92 Å². The van der Waals surface area contributed by atoms with Gasteiger partial charge in [-0.2, -0.15) is 15.6 Å². The predicted octanol–water partition coefficient (Wildman–Crippen LogP) is 3.15. The summed E-state index contributed by atoms with van der Waals surface area (Å²) >= 11 is 0. The summed E-state index contributed by atoms with van der Waals surface area (Å²) in [6.45, 7) is 2.46. The van der Waals surface area contributed by atoms with Crippen molar-refractivity contribution in [3.63, 3.8) is 0 Å². The van der Waals surface area contributed by atoms with Gasteiger partial charge in [0.05, 0.1) is 17.9 Å². The number of hydrogen-bond acceptors (Lipinski definition) is 6. The summed E-state index contributed by atoms with van der Waals surface area (Å²) in [5.41, 5.74) is 3.56. The van der Waals surface area contributed by atoms with Gasteiger partial charge >= 0.3 is 0 Å². The van der Waals surface area contributed by atoms with E-state index in [1.54, 1.807) is 60.7 Å². The summed E-state index contributed by atoms with van der Waals surface area (Å²) in [5.74, 6) is 0.371. The number of ether oxygens (including phenoxy) is 1. The number of nitriles is 2. The molecule has 2 aromatic carbocycles. The van der Waals surface area contributed by atoms with Gasteiger partial charge in [0.15, 0.2) is 0 Å². The molecule has 0 aliphatic rings. The number of hydrogen-bond donors (Lipinski definition) is 2. The highest BCUT2D eigenvalue weighted by molar-refractivity contribution is 6.11. The molecule has 1 amide bonds. The van der Waals surface area contributed by atoms with E-state index in [4.69, 9.17) is 15.3 Å². The van der Waals surface area contributed by atoms with Crippen LogP contribution in [0.3, 0.4) is 0 Å². The molecular weight excluding hydrogens is 318 g/mol. The van der Waals surface area contributed by atoms with Crippen molar-refractivity contribution >= 4 is 23.0 Å². The summed E-state index contributed by atoms with van der Waals surface area (Å²) < 4.78 is 5.36. The molecule has 7 nitrogen and oxygen atoms in total. The minimum Gasteiger partial charge on any atom is -0.494 e. The topological polar surface area (TPSA) is 110 Å². The van der Waals surface area contributed by atoms with Crippen LogP contribution in [0.4, 0.5) is 11.4 Å². The van der Waals surface area contributed by atoms with Crippen molar-refractivity contribution in [3.05, 3.63) is 54.1 Å². The molecule has 0 aliphatic carbocycles. The molecule has 2 rings (SSSR count). The van der Waals surface area contributed by atoms with Gasteiger partial charge in [-0.15, -0.1) is 0 Å². The molecule has 0 spiro atoms. The quantitative estimate of drug-likeness (QED) is 0.623. The standard InChI is InChI=1S/C18H15N5O2/c1-2-25-15-9-7-13(8-10-15)21-18(24)16-5-3-4-6-17(16)23-22-14(11-19)12-20/h3-10,23H,2H2,1H3,(H,21,24). The maximum Gasteiger partial charge on any atom is 0.257 e. The summed E-state index contributed by atoms with van der Waals surface area (Å²) in [7, 11) is 0. The second-order valence-electron chi connectivity index (χ2n) is 4.75. The molecule has 124 valence electrons. The Labute approximate surface area is 145 Å². The van der Waals surface area contributed by atoms with Gasteiger partial charge in [-0.3, -0.25) is 10.2 Å². The number of nitrogens with zero attached hydrogens (tertiary/aromatic N) is 3. The molecule has 0 fully saturated rings. The first-order valence-electron chi connectivity index (χ1n) is 7.45. The van der Waals surface area contributed by atoms with Crippen LogP contribution in [0.25, 0.3) is 0 Å². The molecule has 0 radical (unpaired) electrons. The van der Waals surface area contributed by atoms with Gasteiger partial charge in [-0.25, -0.2) is 0 Å². The zero-order chi connectivity index (χ0) is 18.1. The van der Waals surface area contributed by atoms with E-state index in [0.29, 0.717) is 23.5 Å². The number of carbonyl (C=O) groups excluding carboxylic acids is 1. The summed E-state index contributed by atoms with van der Waals surface area (Å²) in [5, 5.41) is 23.8. The van der Waals surface area contributed by atoms with Crippen LogP contribution in [0.5, 0.6) is 5.75 Å². The van der Waals surface area contributed by atoms with Gasteiger partial charge in [-0.05, 0) is 43.3 Å². The van der Waals surface area contributed by atoms with Crippen LogP contribution in [-0.4, -0.2) is 18.2 Å². The molecule has 0 heterocycles. The van der Waals surface area contributed by atoms with Crippen molar-refractivity contribution in [1.82, 2.24) is 0 Å². The van der Waals surface area contributed by atoms with Crippen molar-refractivity contribution in [2.75, 3.05) is 17.3 Å². The molecule has 0 bridgehead atoms. The third kappa shape index (κ3) is 4.81. The van der Waals surface area contributed by atoms with Gasteiger partial charge in [0.2, 0.25) is 5.71 Å². The SMILES string of the molecule is CCOc1ccc(NC(=O)c2ccccc2NN=C(C#N)C#N)cc1. The van der Waals surface area contributed by atoms with E-state index in [0.717, 1.165) is 5.75 Å². The third-order valence-corrected chi connectivity index (χ3v) is 3.09. The number of rotatable bonds is 6. The van der Waals surface area contributed by atoms with Crippen LogP contribution in [-0.2, 0) is 0 Å². The Hall–Kier alpha value is -3.84. The highest BCUT2D eigenvalue weighted by Crippen LogP contribution is 2.19. The molecule has 0 saturated carbocycles. The Balaban J connectivity index is 2.15. The lowest BCUT2D eigenvalue weighted by molar-refractivity contribution is 0.102. The van der Waals surface area contributed by atoms with Crippen molar-refractivity contribution in [2.24, 2.45) is 5.10 Å². The highest BCUT2D eigenvalue weighted by Gasteiger charge is 2.11. The third-order valence-electron chi connectivity index (χ3n) is 3.09. The van der Waals surface area contributed by atoms with Gasteiger partial charge < -0.3 is 10.1 Å². The maximum atomic E-state index is 12.5. The molecule has 0 atom stereocenters. The molecule has 7 heteroatoms. The highest BCUT2D eigenvalue weighted by atomic mass is 16.5. The van der Waals surface area contributed by atoms with Crippen molar-refractivity contribution in [1.29, 1.82) is 10.5 Å². The number of para-hydroxylation sites is 1. The minimum atomic E-state index is -0.349. The van der Waals surface area contributed by atoms with E-state index in [9.17, 15) is 4.79 Å². The second-order valence-corrected chi connectivity index (χ2v) is 4.75. The molecule has 0 aromatic heterocycles. The van der Waals surface area contributed by atoms with Gasteiger partial charge in [-0.1, -0.05) is 12.1 Å². The molecule has 0 saturated heterocycles. The second kappa shape index (κ2) is 8.70. The number of anilines is 2. The predicted molar refractivity (Wildman–Crippen MR) is 94.3 cm³/mol. The maximum absolute atomic E-state index is 12.5. The normalized spacial score (nSPS) is 9.24. The fourth-order valence-electron chi connectivity index (χ4n) is 1.97. The number of amides is 1. The summed E-state index contributed by atoms with van der Waals surface area (Å²) in [6.07, 6.45) is 0. The molecular formula is C18H15N5O2. The van der Waals surface area contributed by atoms with E-state index < -0.39 is 0 Å². The van der Waals surface area contributed by atoms with E-state index in [1.807, 2.05) is 6.92 Å². The first-order valence-corrected chi connectivity index (χ1v) is 7.45. The Morgan fingerprint density at radius 3 is 2.44 bits per heavy atom. The monoisotopic (exact) mass is 333 g/mol. The molecule has 0 aliphatic heterocycles. The molecule has 25 heavy (non-hydrogen) atoms. The first-order chi connectivity index (χ1) is 12.2. The lowest BCUT2D eigenvalue weighted by atomic mass is 10.1. The molecule has 0 unspecified atom stereocenters. The first kappa shape index (κ1) is 17.5.